The van der Waals surface area contributed by atoms with Crippen LogP contribution in [0.25, 0.3) is 10.9 Å². The number of nitrogens with zero attached hydrogens (tertiary/aromatic N) is 4. The monoisotopic (exact) mass is 344 g/mol. The maximum atomic E-state index is 12.7. The van der Waals surface area contributed by atoms with Gasteiger partial charge in [-0.1, -0.05) is 23.9 Å². The van der Waals surface area contributed by atoms with Crippen LogP contribution in [0.4, 0.5) is 0 Å². The van der Waals surface area contributed by atoms with Crippen LogP contribution in [-0.4, -0.2) is 39.7 Å². The standard InChI is InChI=1S/C17H20N4O2S/c1-12(2)21-16(23)13-7-4-5-8-14(13)19-17(21)24-11-15(22)20(3)10-6-9-18/h4-5,7-8,12H,6,10-11H2,1-3H3. The number of rotatable bonds is 6. The Balaban J connectivity index is 2.28. The van der Waals surface area contributed by atoms with Gasteiger partial charge in [-0.2, -0.15) is 5.26 Å². The number of hydrogen-bond acceptors (Lipinski definition) is 5. The average molecular weight is 344 g/mol. The molecule has 126 valence electrons. The lowest BCUT2D eigenvalue weighted by Gasteiger charge is -2.18. The van der Waals surface area contributed by atoms with Gasteiger partial charge in [-0.3, -0.25) is 14.2 Å². The fourth-order valence-electron chi connectivity index (χ4n) is 2.26. The van der Waals surface area contributed by atoms with E-state index in [1.807, 2.05) is 32.0 Å². The quantitative estimate of drug-likeness (QED) is 0.594. The Morgan fingerprint density at radius 1 is 1.42 bits per heavy atom. The van der Waals surface area contributed by atoms with Crippen LogP contribution in [0.3, 0.4) is 0 Å². The van der Waals surface area contributed by atoms with Crippen molar-refractivity contribution in [2.45, 2.75) is 31.5 Å². The molecule has 7 heteroatoms. The predicted molar refractivity (Wildman–Crippen MR) is 95.0 cm³/mol. The van der Waals surface area contributed by atoms with E-state index in [0.717, 1.165) is 0 Å². The number of benzene rings is 1. The second-order valence-electron chi connectivity index (χ2n) is 5.69. The molecule has 0 aliphatic carbocycles. The highest BCUT2D eigenvalue weighted by atomic mass is 32.2. The van der Waals surface area contributed by atoms with Gasteiger partial charge in [-0.05, 0) is 26.0 Å². The van der Waals surface area contributed by atoms with Crippen LogP contribution in [0.1, 0.15) is 26.3 Å². The smallest absolute Gasteiger partial charge is 0.262 e. The van der Waals surface area contributed by atoms with Crippen LogP contribution in [0.5, 0.6) is 0 Å². The minimum atomic E-state index is -0.0941. The van der Waals surface area contributed by atoms with Crippen LogP contribution in [0.2, 0.25) is 0 Å². The zero-order valence-corrected chi connectivity index (χ0v) is 14.8. The molecule has 2 rings (SSSR count). The van der Waals surface area contributed by atoms with E-state index in [-0.39, 0.29) is 23.3 Å². The molecule has 0 radical (unpaired) electrons. The summed E-state index contributed by atoms with van der Waals surface area (Å²) in [6.45, 7) is 4.24. The molecule has 0 fully saturated rings. The first-order chi connectivity index (χ1) is 11.5. The molecule has 1 amide bonds. The summed E-state index contributed by atoms with van der Waals surface area (Å²) in [6.07, 6.45) is 0.303. The van der Waals surface area contributed by atoms with Gasteiger partial charge < -0.3 is 4.90 Å². The fraction of sp³-hybridized carbons (Fsp3) is 0.412. The van der Waals surface area contributed by atoms with Crippen LogP contribution in [0.15, 0.2) is 34.2 Å². The second-order valence-corrected chi connectivity index (χ2v) is 6.64. The van der Waals surface area contributed by atoms with Crippen molar-refractivity contribution in [1.82, 2.24) is 14.5 Å². The van der Waals surface area contributed by atoms with Crippen molar-refractivity contribution in [3.63, 3.8) is 0 Å². The van der Waals surface area contributed by atoms with E-state index in [9.17, 15) is 9.59 Å². The van der Waals surface area contributed by atoms with E-state index < -0.39 is 0 Å². The van der Waals surface area contributed by atoms with Crippen molar-refractivity contribution < 1.29 is 4.79 Å². The molecule has 0 saturated heterocycles. The molecule has 2 aromatic rings. The molecule has 0 atom stereocenters. The first-order valence-electron chi connectivity index (χ1n) is 7.70. The minimum Gasteiger partial charge on any atom is -0.344 e. The fourth-order valence-corrected chi connectivity index (χ4v) is 3.33. The Kier molecular flexibility index (Phi) is 5.99. The average Bonchev–Trinajstić information content (AvgIpc) is 2.57. The lowest BCUT2D eigenvalue weighted by Crippen LogP contribution is -2.30. The van der Waals surface area contributed by atoms with E-state index in [1.165, 1.54) is 16.7 Å². The van der Waals surface area contributed by atoms with Gasteiger partial charge in [0.25, 0.3) is 5.56 Å². The Bertz CT molecular complexity index is 839. The Labute approximate surface area is 145 Å². The number of nitriles is 1. The predicted octanol–water partition coefficient (Wildman–Crippen LogP) is 2.44. The highest BCUT2D eigenvalue weighted by Gasteiger charge is 2.16. The highest BCUT2D eigenvalue weighted by molar-refractivity contribution is 7.99. The molecular formula is C17H20N4O2S. The first kappa shape index (κ1) is 18.0. The van der Waals surface area contributed by atoms with Crippen molar-refractivity contribution in [3.8, 4) is 6.07 Å². The largest absolute Gasteiger partial charge is 0.344 e. The third-order valence-corrected chi connectivity index (χ3v) is 4.54. The molecule has 1 aromatic heterocycles. The van der Waals surface area contributed by atoms with Gasteiger partial charge >= 0.3 is 0 Å². The molecular weight excluding hydrogens is 324 g/mol. The third kappa shape index (κ3) is 3.95. The molecule has 0 saturated carbocycles. The zero-order valence-electron chi connectivity index (χ0n) is 14.0. The Morgan fingerprint density at radius 2 is 2.12 bits per heavy atom. The lowest BCUT2D eigenvalue weighted by atomic mass is 10.2. The topological polar surface area (TPSA) is 79.0 Å². The number of amides is 1. The van der Waals surface area contributed by atoms with E-state index in [0.29, 0.717) is 29.0 Å². The van der Waals surface area contributed by atoms with Gasteiger partial charge in [0.1, 0.15) is 0 Å². The van der Waals surface area contributed by atoms with Crippen LogP contribution in [0, 0.1) is 11.3 Å². The van der Waals surface area contributed by atoms with Crippen molar-refractivity contribution in [2.75, 3.05) is 19.3 Å². The van der Waals surface area contributed by atoms with Gasteiger partial charge in [0.15, 0.2) is 5.16 Å². The lowest BCUT2D eigenvalue weighted by molar-refractivity contribution is -0.127. The van der Waals surface area contributed by atoms with E-state index in [2.05, 4.69) is 4.98 Å². The van der Waals surface area contributed by atoms with Crippen LogP contribution >= 0.6 is 11.8 Å². The third-order valence-electron chi connectivity index (χ3n) is 3.60. The number of fused-ring (bicyclic) bond motifs is 1. The van der Waals surface area contributed by atoms with Crippen molar-refractivity contribution in [1.29, 1.82) is 5.26 Å². The van der Waals surface area contributed by atoms with E-state index >= 15 is 0 Å². The SMILES string of the molecule is CC(C)n1c(SCC(=O)N(C)CCC#N)nc2ccccc2c1=O. The molecule has 6 nitrogen and oxygen atoms in total. The number of carbonyl (C=O) groups is 1. The molecule has 1 heterocycles. The summed E-state index contributed by atoms with van der Waals surface area (Å²) >= 11 is 1.25. The Hall–Kier alpha value is -2.33. The number of thioether (sulfide) groups is 1. The second kappa shape index (κ2) is 7.97. The molecule has 0 aliphatic rings. The molecule has 0 bridgehead atoms. The van der Waals surface area contributed by atoms with Gasteiger partial charge in [-0.25, -0.2) is 4.98 Å². The maximum Gasteiger partial charge on any atom is 0.262 e. The summed E-state index contributed by atoms with van der Waals surface area (Å²) < 4.78 is 1.62. The summed E-state index contributed by atoms with van der Waals surface area (Å²) in [4.78, 5) is 30.9. The van der Waals surface area contributed by atoms with Gasteiger partial charge in [0, 0.05) is 19.6 Å². The van der Waals surface area contributed by atoms with Gasteiger partial charge in [0.05, 0.1) is 29.1 Å². The first-order valence-corrected chi connectivity index (χ1v) is 8.69. The highest BCUT2D eigenvalue weighted by Crippen LogP contribution is 2.21. The van der Waals surface area contributed by atoms with Crippen LogP contribution in [-0.2, 0) is 4.79 Å². The van der Waals surface area contributed by atoms with Crippen LogP contribution < -0.4 is 5.56 Å². The van der Waals surface area contributed by atoms with E-state index in [4.69, 9.17) is 5.26 Å². The molecule has 1 aromatic carbocycles. The summed E-state index contributed by atoms with van der Waals surface area (Å²) in [7, 11) is 1.67. The number of hydrogen-bond donors (Lipinski definition) is 0. The van der Waals surface area contributed by atoms with E-state index in [1.54, 1.807) is 23.7 Å². The summed E-state index contributed by atoms with van der Waals surface area (Å²) in [6, 6.07) is 9.18. The molecule has 24 heavy (non-hydrogen) atoms. The van der Waals surface area contributed by atoms with Gasteiger partial charge in [0.2, 0.25) is 5.91 Å². The normalized spacial score (nSPS) is 10.8. The maximum absolute atomic E-state index is 12.7. The Morgan fingerprint density at radius 3 is 2.79 bits per heavy atom. The van der Waals surface area contributed by atoms with Crippen molar-refractivity contribution in [2.24, 2.45) is 0 Å². The summed E-state index contributed by atoms with van der Waals surface area (Å²) in [5, 5.41) is 9.71. The molecule has 0 N–H and O–H groups in total. The van der Waals surface area contributed by atoms with Crippen molar-refractivity contribution >= 4 is 28.6 Å². The molecule has 0 aliphatic heterocycles. The van der Waals surface area contributed by atoms with Gasteiger partial charge in [-0.15, -0.1) is 0 Å². The van der Waals surface area contributed by atoms with Crippen molar-refractivity contribution in [3.05, 3.63) is 34.6 Å². The molecule has 0 spiro atoms. The number of carbonyl (C=O) groups excluding carboxylic acids is 1. The zero-order chi connectivity index (χ0) is 17.7. The summed E-state index contributed by atoms with van der Waals surface area (Å²) in [5.41, 5.74) is 0.538. The minimum absolute atomic E-state index is 0.0523. The molecule has 0 unspecified atom stereocenters. The number of para-hydroxylation sites is 1. The number of aromatic nitrogens is 2. The summed E-state index contributed by atoms with van der Waals surface area (Å²) in [5.74, 6) is 0.0901.